The number of nitro benzene ring substituents is 1. The number of hydrogen-bond acceptors (Lipinski definition) is 7. The number of nitrogens with one attached hydrogen (secondary N) is 1. The van der Waals surface area contributed by atoms with Crippen molar-refractivity contribution in [3.05, 3.63) is 64.0 Å². The molecular weight excluding hydrogens is 434 g/mol. The number of pyridine rings is 1. The highest BCUT2D eigenvalue weighted by Crippen LogP contribution is 2.34. The van der Waals surface area contributed by atoms with E-state index < -0.39 is 22.2 Å². The van der Waals surface area contributed by atoms with Gasteiger partial charge >= 0.3 is 5.69 Å². The van der Waals surface area contributed by atoms with Gasteiger partial charge < -0.3 is 14.6 Å². The van der Waals surface area contributed by atoms with Crippen molar-refractivity contribution in [1.82, 2.24) is 19.5 Å². The van der Waals surface area contributed by atoms with Crippen molar-refractivity contribution < 1.29 is 18.4 Å². The SMILES string of the molecule is COc1cc(F)c([N+](=O)[O-])cc1Nc1ncc(F)c(-c2ccc3cc(C)n(C(C)C)c3n2)n1. The van der Waals surface area contributed by atoms with Crippen molar-refractivity contribution in [3.8, 4) is 17.1 Å². The van der Waals surface area contributed by atoms with Crippen molar-refractivity contribution >= 4 is 28.4 Å². The van der Waals surface area contributed by atoms with Crippen LogP contribution in [-0.4, -0.2) is 31.6 Å². The zero-order valence-electron chi connectivity index (χ0n) is 18.3. The molecule has 9 nitrogen and oxygen atoms in total. The van der Waals surface area contributed by atoms with E-state index >= 15 is 0 Å². The number of rotatable bonds is 6. The molecule has 3 heterocycles. The van der Waals surface area contributed by atoms with Gasteiger partial charge in [0.1, 0.15) is 17.1 Å². The molecule has 0 aliphatic rings. The average molecular weight is 454 g/mol. The van der Waals surface area contributed by atoms with E-state index in [1.165, 1.54) is 7.11 Å². The van der Waals surface area contributed by atoms with Gasteiger partial charge in [0.05, 0.1) is 29.6 Å². The summed E-state index contributed by atoms with van der Waals surface area (Å²) < 4.78 is 35.7. The topological polar surface area (TPSA) is 108 Å². The molecule has 0 saturated carbocycles. The van der Waals surface area contributed by atoms with E-state index in [9.17, 15) is 18.9 Å². The Morgan fingerprint density at radius 3 is 2.58 bits per heavy atom. The summed E-state index contributed by atoms with van der Waals surface area (Å²) in [6.07, 6.45) is 0.966. The van der Waals surface area contributed by atoms with Gasteiger partial charge in [-0.1, -0.05) is 0 Å². The predicted molar refractivity (Wildman–Crippen MR) is 119 cm³/mol. The molecule has 0 saturated heterocycles. The molecule has 0 aliphatic carbocycles. The highest BCUT2D eigenvalue weighted by Gasteiger charge is 2.21. The Kier molecular flexibility index (Phi) is 5.62. The second-order valence-corrected chi connectivity index (χ2v) is 7.63. The van der Waals surface area contributed by atoms with Crippen molar-refractivity contribution in [2.75, 3.05) is 12.4 Å². The van der Waals surface area contributed by atoms with Crippen LogP contribution in [0.25, 0.3) is 22.4 Å². The number of nitrogens with zero attached hydrogens (tertiary/aromatic N) is 5. The summed E-state index contributed by atoms with van der Waals surface area (Å²) in [6, 6.07) is 7.49. The number of ether oxygens (including phenoxy) is 1. The minimum absolute atomic E-state index is 0.00245. The van der Waals surface area contributed by atoms with Crippen LogP contribution >= 0.6 is 0 Å². The molecule has 0 bridgehead atoms. The molecule has 1 aromatic carbocycles. The normalized spacial score (nSPS) is 11.2. The molecule has 4 aromatic rings. The maximum absolute atomic E-state index is 14.7. The zero-order valence-corrected chi connectivity index (χ0v) is 18.3. The fraction of sp³-hybridized carbons (Fsp3) is 0.227. The molecule has 0 atom stereocenters. The van der Waals surface area contributed by atoms with Gasteiger partial charge in [-0.25, -0.2) is 19.3 Å². The Balaban J connectivity index is 1.78. The van der Waals surface area contributed by atoms with Crippen LogP contribution in [0.1, 0.15) is 25.6 Å². The van der Waals surface area contributed by atoms with Crippen molar-refractivity contribution in [2.45, 2.75) is 26.8 Å². The minimum Gasteiger partial charge on any atom is -0.494 e. The van der Waals surface area contributed by atoms with Gasteiger partial charge in [0.25, 0.3) is 0 Å². The first-order chi connectivity index (χ1) is 15.7. The lowest BCUT2D eigenvalue weighted by Gasteiger charge is -2.13. The number of aryl methyl sites for hydroxylation is 1. The van der Waals surface area contributed by atoms with Crippen molar-refractivity contribution in [2.24, 2.45) is 0 Å². The van der Waals surface area contributed by atoms with Crippen molar-refractivity contribution in [3.63, 3.8) is 0 Å². The zero-order chi connectivity index (χ0) is 23.9. The summed E-state index contributed by atoms with van der Waals surface area (Å²) in [7, 11) is 1.29. The summed E-state index contributed by atoms with van der Waals surface area (Å²) in [5.41, 5.74) is 1.26. The second-order valence-electron chi connectivity index (χ2n) is 7.63. The maximum Gasteiger partial charge on any atom is 0.307 e. The molecule has 170 valence electrons. The Morgan fingerprint density at radius 1 is 1.15 bits per heavy atom. The average Bonchev–Trinajstić information content (AvgIpc) is 3.10. The molecule has 0 unspecified atom stereocenters. The number of benzene rings is 1. The molecule has 0 radical (unpaired) electrons. The van der Waals surface area contributed by atoms with Crippen molar-refractivity contribution in [1.29, 1.82) is 0 Å². The van der Waals surface area contributed by atoms with E-state index in [1.54, 1.807) is 6.07 Å². The molecule has 0 fully saturated rings. The summed E-state index contributed by atoms with van der Waals surface area (Å²) in [5.74, 6) is -1.81. The van der Waals surface area contributed by atoms with Crippen LogP contribution in [0.3, 0.4) is 0 Å². The highest BCUT2D eigenvalue weighted by atomic mass is 19.1. The quantitative estimate of drug-likeness (QED) is 0.310. The Labute approximate surface area is 187 Å². The molecule has 0 aliphatic heterocycles. The van der Waals surface area contributed by atoms with Crippen LogP contribution in [0.15, 0.2) is 36.5 Å². The third-order valence-electron chi connectivity index (χ3n) is 5.09. The summed E-state index contributed by atoms with van der Waals surface area (Å²) in [5, 5.41) is 14.8. The summed E-state index contributed by atoms with van der Waals surface area (Å²) in [6.45, 7) is 6.04. The van der Waals surface area contributed by atoms with Crippen LogP contribution in [0, 0.1) is 28.7 Å². The van der Waals surface area contributed by atoms with Gasteiger partial charge in [-0.15, -0.1) is 0 Å². The smallest absolute Gasteiger partial charge is 0.307 e. The minimum atomic E-state index is -1.05. The molecule has 11 heteroatoms. The van der Waals surface area contributed by atoms with Gasteiger partial charge in [-0.05, 0) is 39.0 Å². The molecule has 33 heavy (non-hydrogen) atoms. The summed E-state index contributed by atoms with van der Waals surface area (Å²) >= 11 is 0. The highest BCUT2D eigenvalue weighted by molar-refractivity contribution is 5.80. The van der Waals surface area contributed by atoms with E-state index in [0.717, 1.165) is 29.4 Å². The van der Waals surface area contributed by atoms with E-state index in [4.69, 9.17) is 4.74 Å². The first kappa shape index (κ1) is 22.1. The fourth-order valence-electron chi connectivity index (χ4n) is 3.69. The number of halogens is 2. The number of aromatic nitrogens is 4. The third kappa shape index (κ3) is 4.04. The second kappa shape index (κ2) is 8.41. The number of hydrogen-bond donors (Lipinski definition) is 1. The monoisotopic (exact) mass is 454 g/mol. The standard InChI is InChI=1S/C22H20F2N6O3/c1-11(2)29-12(3)7-13-5-6-16(26-21(13)29)20-15(24)10-25-22(28-20)27-17-9-18(30(31)32)14(23)8-19(17)33-4/h5-11H,1-4H3,(H,25,27,28). The molecule has 0 amide bonds. The van der Waals surface area contributed by atoms with Crippen LogP contribution in [0.5, 0.6) is 5.75 Å². The molecular formula is C22H20F2N6O3. The van der Waals surface area contributed by atoms with E-state index in [2.05, 4.69) is 20.3 Å². The lowest BCUT2D eigenvalue weighted by Crippen LogP contribution is -2.05. The van der Waals surface area contributed by atoms with Gasteiger partial charge in [0, 0.05) is 29.3 Å². The first-order valence-corrected chi connectivity index (χ1v) is 10.00. The molecule has 4 rings (SSSR count). The lowest BCUT2D eigenvalue weighted by atomic mass is 10.2. The van der Waals surface area contributed by atoms with E-state index in [-0.39, 0.29) is 29.1 Å². The molecule has 0 spiro atoms. The first-order valence-electron chi connectivity index (χ1n) is 10.00. The van der Waals surface area contributed by atoms with Crippen LogP contribution < -0.4 is 10.1 Å². The summed E-state index contributed by atoms with van der Waals surface area (Å²) in [4.78, 5) is 23.0. The Bertz CT molecular complexity index is 1390. The van der Waals surface area contributed by atoms with Crippen LogP contribution in [0.2, 0.25) is 0 Å². The van der Waals surface area contributed by atoms with E-state index in [0.29, 0.717) is 11.3 Å². The van der Waals surface area contributed by atoms with E-state index in [1.807, 2.05) is 37.5 Å². The Morgan fingerprint density at radius 2 is 1.91 bits per heavy atom. The fourth-order valence-corrected chi connectivity index (χ4v) is 3.69. The van der Waals surface area contributed by atoms with Crippen LogP contribution in [0.4, 0.5) is 26.1 Å². The third-order valence-corrected chi connectivity index (χ3v) is 5.09. The van der Waals surface area contributed by atoms with Gasteiger partial charge in [-0.2, -0.15) is 4.39 Å². The number of fused-ring (bicyclic) bond motifs is 1. The number of methoxy groups -OCH3 is 1. The largest absolute Gasteiger partial charge is 0.494 e. The predicted octanol–water partition coefficient (Wildman–Crippen LogP) is 5.32. The lowest BCUT2D eigenvalue weighted by molar-refractivity contribution is -0.387. The maximum atomic E-state index is 14.7. The number of nitro groups is 1. The van der Waals surface area contributed by atoms with Crippen LogP contribution in [-0.2, 0) is 0 Å². The Hall–Kier alpha value is -4.15. The molecule has 3 aromatic heterocycles. The molecule has 1 N–H and O–H groups in total. The van der Waals surface area contributed by atoms with Gasteiger partial charge in [0.2, 0.25) is 11.8 Å². The van der Waals surface area contributed by atoms with Gasteiger partial charge in [0.15, 0.2) is 5.82 Å². The van der Waals surface area contributed by atoms with Gasteiger partial charge in [-0.3, -0.25) is 10.1 Å². The number of anilines is 2.